The second kappa shape index (κ2) is 7.64. The smallest absolute Gasteiger partial charge is 0.188 e. The Morgan fingerprint density at radius 3 is 2.68 bits per heavy atom. The Bertz CT molecular complexity index is 691. The van der Waals surface area contributed by atoms with Crippen molar-refractivity contribution in [3.05, 3.63) is 24.4 Å². The number of aliphatic hydroxyl groups excluding tert-OH is 1. The van der Waals surface area contributed by atoms with Gasteiger partial charge < -0.3 is 9.67 Å². The minimum atomic E-state index is -1.15. The van der Waals surface area contributed by atoms with Crippen molar-refractivity contribution in [2.75, 3.05) is 7.18 Å². The van der Waals surface area contributed by atoms with E-state index in [1.54, 1.807) is 18.7 Å². The summed E-state index contributed by atoms with van der Waals surface area (Å²) in [7, 11) is 0.500. The molecule has 0 aromatic carbocycles. The van der Waals surface area contributed by atoms with E-state index >= 15 is 0 Å². The number of hydrogen-bond acceptors (Lipinski definition) is 3. The van der Waals surface area contributed by atoms with Crippen LogP contribution >= 0.6 is 0 Å². The van der Waals surface area contributed by atoms with Crippen molar-refractivity contribution in [3.63, 3.8) is 0 Å². The third-order valence-corrected chi connectivity index (χ3v) is 5.38. The Morgan fingerprint density at radius 2 is 2.00 bits per heavy atom. The molecule has 1 aliphatic heterocycles. The predicted molar refractivity (Wildman–Crippen MR) is 91.6 cm³/mol. The lowest BCUT2D eigenvalue weighted by molar-refractivity contribution is 0.0681. The van der Waals surface area contributed by atoms with Crippen LogP contribution < -0.4 is 0 Å². The molecule has 1 fully saturated rings. The lowest BCUT2D eigenvalue weighted by Gasteiger charge is -2.28. The van der Waals surface area contributed by atoms with Gasteiger partial charge in [0.25, 0.3) is 0 Å². The number of nitrogens with zero attached hydrogens (tertiary/aromatic N) is 4. The number of alkyl halides is 2. The lowest BCUT2D eigenvalue weighted by atomic mass is 9.83. The van der Waals surface area contributed by atoms with Gasteiger partial charge in [-0.15, -0.1) is 0 Å². The summed E-state index contributed by atoms with van der Waals surface area (Å²) in [5.74, 6) is 0.377. The summed E-state index contributed by atoms with van der Waals surface area (Å²) >= 11 is 0. The van der Waals surface area contributed by atoms with Gasteiger partial charge in [-0.1, -0.05) is 19.3 Å². The molecule has 2 aromatic heterocycles. The minimum absolute atomic E-state index is 0.0422. The van der Waals surface area contributed by atoms with Crippen molar-refractivity contribution in [2.45, 2.75) is 63.9 Å². The topological polar surface area (TPSA) is 55.9 Å². The van der Waals surface area contributed by atoms with Crippen LogP contribution in [0.1, 0.15) is 63.5 Å². The highest BCUT2D eigenvalue weighted by atomic mass is 19.1. The van der Waals surface area contributed by atoms with Crippen LogP contribution in [0, 0.1) is 5.92 Å². The Kier molecular flexibility index (Phi) is 5.51. The van der Waals surface area contributed by atoms with Gasteiger partial charge in [0.15, 0.2) is 6.30 Å². The molecule has 3 atom stereocenters. The van der Waals surface area contributed by atoms with Crippen LogP contribution in [0.25, 0.3) is 11.3 Å². The number of aliphatic hydroxyl groups is 1. The van der Waals surface area contributed by atoms with Gasteiger partial charge in [0.2, 0.25) is 0 Å². The van der Waals surface area contributed by atoms with Crippen LogP contribution in [0.15, 0.2) is 18.7 Å². The molecule has 1 N–H and O–H groups in total. The number of rotatable bonds is 4. The summed E-state index contributed by atoms with van der Waals surface area (Å²) in [6.45, 7) is 1.48. The molecule has 1 aliphatic carbocycles. The fourth-order valence-electron chi connectivity index (χ4n) is 4.09. The molecule has 3 unspecified atom stereocenters. The first-order valence-electron chi connectivity index (χ1n) is 8.96. The first kappa shape index (κ1) is 18.0. The van der Waals surface area contributed by atoms with Crippen LogP contribution in [0.5, 0.6) is 0 Å². The largest absolute Gasteiger partial charge is 0.393 e. The van der Waals surface area contributed by atoms with Crippen LogP contribution in [0.2, 0.25) is 0 Å². The normalized spacial score (nSPS) is 21.9. The van der Waals surface area contributed by atoms with Crippen molar-refractivity contribution in [2.24, 2.45) is 5.92 Å². The minimum Gasteiger partial charge on any atom is -0.393 e. The van der Waals surface area contributed by atoms with Crippen molar-refractivity contribution >= 4 is 0 Å². The SMILES string of the molecule is CC(F)n1cc2c(n1)C(CC(O)C1CCCCC1)n1cncc1-2.CF. The molecule has 7 heteroatoms. The van der Waals surface area contributed by atoms with Gasteiger partial charge in [-0.25, -0.2) is 14.1 Å². The summed E-state index contributed by atoms with van der Waals surface area (Å²) < 4.78 is 26.5. The second-order valence-electron chi connectivity index (χ2n) is 6.89. The van der Waals surface area contributed by atoms with E-state index in [0.717, 1.165) is 29.8 Å². The third kappa shape index (κ3) is 3.34. The molecule has 2 aliphatic rings. The maximum absolute atomic E-state index is 13.6. The molecule has 1 saturated carbocycles. The Hall–Kier alpha value is -1.76. The van der Waals surface area contributed by atoms with E-state index in [2.05, 4.69) is 14.6 Å². The molecule has 25 heavy (non-hydrogen) atoms. The predicted octanol–water partition coefficient (Wildman–Crippen LogP) is 4.05. The first-order valence-corrected chi connectivity index (χ1v) is 8.96. The van der Waals surface area contributed by atoms with Gasteiger partial charge in [0.1, 0.15) is 0 Å². The number of imidazole rings is 1. The highest BCUT2D eigenvalue weighted by Crippen LogP contribution is 2.42. The fourth-order valence-corrected chi connectivity index (χ4v) is 4.09. The lowest BCUT2D eigenvalue weighted by Crippen LogP contribution is -2.26. The average Bonchev–Trinajstić information content (AvgIpc) is 3.32. The van der Waals surface area contributed by atoms with Crippen LogP contribution in [-0.2, 0) is 0 Å². The zero-order chi connectivity index (χ0) is 18.0. The van der Waals surface area contributed by atoms with Gasteiger partial charge >= 0.3 is 0 Å². The number of aromatic nitrogens is 4. The van der Waals surface area contributed by atoms with E-state index < -0.39 is 6.30 Å². The van der Waals surface area contributed by atoms with Gasteiger partial charge in [-0.05, 0) is 25.7 Å². The van der Waals surface area contributed by atoms with E-state index in [4.69, 9.17) is 0 Å². The molecular formula is C18H26F2N4O. The molecule has 0 saturated heterocycles. The molecule has 4 rings (SSSR count). The molecule has 2 aromatic rings. The van der Waals surface area contributed by atoms with Crippen molar-refractivity contribution in [3.8, 4) is 11.3 Å². The standard InChI is InChI=1S/C17H23FN4O.CH3F/c1-11(18)22-9-13-15-8-19-10-21(15)14(17(13)20-22)7-16(23)12-5-3-2-4-6-12;1-2/h8-12,14,16,23H,2-7H2,1H3;1H3. The van der Waals surface area contributed by atoms with E-state index in [0.29, 0.717) is 19.5 Å². The highest BCUT2D eigenvalue weighted by Gasteiger charge is 2.35. The van der Waals surface area contributed by atoms with E-state index in [-0.39, 0.29) is 12.1 Å². The van der Waals surface area contributed by atoms with Crippen LogP contribution in [0.4, 0.5) is 8.78 Å². The molecule has 5 nitrogen and oxygen atoms in total. The summed E-state index contributed by atoms with van der Waals surface area (Å²) in [6.07, 6.45) is 10.4. The maximum Gasteiger partial charge on any atom is 0.188 e. The van der Waals surface area contributed by atoms with Gasteiger partial charge in [-0.3, -0.25) is 4.39 Å². The first-order chi connectivity index (χ1) is 12.1. The molecule has 0 spiro atoms. The quantitative estimate of drug-likeness (QED) is 0.903. The highest BCUT2D eigenvalue weighted by molar-refractivity contribution is 5.66. The van der Waals surface area contributed by atoms with Crippen molar-refractivity contribution < 1.29 is 13.9 Å². The van der Waals surface area contributed by atoms with Crippen molar-refractivity contribution in [1.82, 2.24) is 19.3 Å². The zero-order valence-electron chi connectivity index (χ0n) is 14.8. The Morgan fingerprint density at radius 1 is 1.28 bits per heavy atom. The zero-order valence-corrected chi connectivity index (χ0v) is 14.8. The van der Waals surface area contributed by atoms with E-state index in [1.165, 1.54) is 30.9 Å². The van der Waals surface area contributed by atoms with Gasteiger partial charge in [-0.2, -0.15) is 5.10 Å². The Balaban J connectivity index is 0.000000880. The molecule has 0 amide bonds. The van der Waals surface area contributed by atoms with Gasteiger partial charge in [0.05, 0.1) is 43.2 Å². The van der Waals surface area contributed by atoms with Crippen molar-refractivity contribution in [1.29, 1.82) is 0 Å². The second-order valence-corrected chi connectivity index (χ2v) is 6.89. The molecule has 0 bridgehead atoms. The molecule has 138 valence electrons. The van der Waals surface area contributed by atoms with Gasteiger partial charge in [0, 0.05) is 18.2 Å². The third-order valence-electron chi connectivity index (χ3n) is 5.38. The number of hydrogen-bond donors (Lipinski definition) is 1. The number of fused-ring (bicyclic) bond motifs is 3. The number of halogens is 2. The molecular weight excluding hydrogens is 326 g/mol. The summed E-state index contributed by atoms with van der Waals surface area (Å²) in [6, 6.07) is -0.0422. The molecule has 0 radical (unpaired) electrons. The average molecular weight is 352 g/mol. The monoisotopic (exact) mass is 352 g/mol. The van der Waals surface area contributed by atoms with E-state index in [9.17, 15) is 13.9 Å². The summed E-state index contributed by atoms with van der Waals surface area (Å²) in [4.78, 5) is 4.22. The van der Waals surface area contributed by atoms with Crippen LogP contribution in [0.3, 0.4) is 0 Å². The van der Waals surface area contributed by atoms with Crippen LogP contribution in [-0.4, -0.2) is 37.7 Å². The summed E-state index contributed by atoms with van der Waals surface area (Å²) in [5.41, 5.74) is 2.77. The maximum atomic E-state index is 13.6. The van der Waals surface area contributed by atoms with E-state index in [1.807, 2.05) is 0 Å². The molecule has 3 heterocycles. The Labute approximate surface area is 146 Å². The summed E-state index contributed by atoms with van der Waals surface area (Å²) in [5, 5.41) is 15.1. The fraction of sp³-hybridized carbons (Fsp3) is 0.667.